The fourth-order valence-corrected chi connectivity index (χ4v) is 2.08. The molecule has 2 aromatic heterocycles. The minimum atomic E-state index is -0.173. The molecule has 1 aliphatic carbocycles. The first kappa shape index (κ1) is 13.6. The van der Waals surface area contributed by atoms with Crippen molar-refractivity contribution in [3.8, 4) is 11.5 Å². The summed E-state index contributed by atoms with van der Waals surface area (Å²) in [6.07, 6.45) is 4.73. The van der Waals surface area contributed by atoms with Crippen LogP contribution in [0.5, 0.6) is 0 Å². The lowest BCUT2D eigenvalue weighted by atomic mass is 10.3. The van der Waals surface area contributed by atoms with Crippen LogP contribution >= 0.6 is 0 Å². The summed E-state index contributed by atoms with van der Waals surface area (Å²) in [6.45, 7) is 0.422. The Labute approximate surface area is 121 Å². The average Bonchev–Trinajstić information content (AvgIpc) is 3.11. The number of hydrogen-bond donors (Lipinski definition) is 1. The average molecular weight is 287 g/mol. The van der Waals surface area contributed by atoms with Crippen molar-refractivity contribution >= 4 is 5.91 Å². The van der Waals surface area contributed by atoms with Gasteiger partial charge < -0.3 is 9.73 Å². The predicted octanol–water partition coefficient (Wildman–Crippen LogP) is 1.56. The third kappa shape index (κ3) is 3.59. The Hall–Kier alpha value is -2.37. The van der Waals surface area contributed by atoms with Crippen LogP contribution in [0, 0.1) is 0 Å². The molecule has 0 aliphatic heterocycles. The van der Waals surface area contributed by atoms with Gasteiger partial charge in [0, 0.05) is 25.1 Å². The molecule has 3 rings (SSSR count). The quantitative estimate of drug-likeness (QED) is 0.874. The third-order valence-electron chi connectivity index (χ3n) is 3.36. The van der Waals surface area contributed by atoms with Crippen LogP contribution in [0.15, 0.2) is 39.7 Å². The molecular weight excluding hydrogens is 270 g/mol. The van der Waals surface area contributed by atoms with Gasteiger partial charge in [-0.1, -0.05) is 0 Å². The van der Waals surface area contributed by atoms with Gasteiger partial charge in [0.05, 0.1) is 6.26 Å². The molecule has 1 aliphatic rings. The Morgan fingerprint density at radius 1 is 1.38 bits per heavy atom. The van der Waals surface area contributed by atoms with Gasteiger partial charge in [-0.05, 0) is 37.5 Å². The van der Waals surface area contributed by atoms with E-state index in [1.807, 2.05) is 0 Å². The Morgan fingerprint density at radius 2 is 2.24 bits per heavy atom. The second-order valence-electron chi connectivity index (χ2n) is 5.20. The number of amides is 1. The molecule has 0 aromatic carbocycles. The maximum absolute atomic E-state index is 11.8. The van der Waals surface area contributed by atoms with Gasteiger partial charge >= 0.3 is 0 Å². The van der Waals surface area contributed by atoms with Crippen molar-refractivity contribution in [2.45, 2.75) is 38.3 Å². The summed E-state index contributed by atoms with van der Waals surface area (Å²) < 4.78 is 6.64. The predicted molar refractivity (Wildman–Crippen MR) is 76.6 cm³/mol. The first-order chi connectivity index (χ1) is 10.2. The molecule has 0 bridgehead atoms. The molecule has 0 unspecified atom stereocenters. The van der Waals surface area contributed by atoms with Crippen molar-refractivity contribution in [2.75, 3.05) is 0 Å². The molecule has 2 aromatic rings. The highest BCUT2D eigenvalue weighted by Gasteiger charge is 2.22. The van der Waals surface area contributed by atoms with Gasteiger partial charge in [0.15, 0.2) is 5.76 Å². The molecule has 6 nitrogen and oxygen atoms in total. The van der Waals surface area contributed by atoms with E-state index < -0.39 is 0 Å². The minimum Gasteiger partial charge on any atom is -0.463 e. The number of aromatic nitrogens is 2. The summed E-state index contributed by atoms with van der Waals surface area (Å²) >= 11 is 0. The van der Waals surface area contributed by atoms with Crippen molar-refractivity contribution in [1.29, 1.82) is 0 Å². The van der Waals surface area contributed by atoms with Crippen molar-refractivity contribution in [1.82, 2.24) is 15.1 Å². The summed E-state index contributed by atoms with van der Waals surface area (Å²) in [6, 6.07) is 7.04. The molecule has 0 atom stereocenters. The smallest absolute Gasteiger partial charge is 0.266 e. The standard InChI is InChI=1S/C15H17N3O3/c19-14(16-11-5-6-11)4-1-9-18-15(20)8-7-12(17-18)13-3-2-10-21-13/h2-3,7-8,10-11H,1,4-6,9H2,(H,16,19). The SMILES string of the molecule is O=C(CCCn1nc(-c2ccco2)ccc1=O)NC1CC1. The summed E-state index contributed by atoms with van der Waals surface area (Å²) in [4.78, 5) is 23.4. The number of carbonyl (C=O) groups is 1. The molecule has 0 saturated heterocycles. The summed E-state index contributed by atoms with van der Waals surface area (Å²) in [5, 5.41) is 7.19. The zero-order valence-corrected chi connectivity index (χ0v) is 11.6. The third-order valence-corrected chi connectivity index (χ3v) is 3.36. The molecule has 0 spiro atoms. The lowest BCUT2D eigenvalue weighted by molar-refractivity contribution is -0.121. The molecule has 1 saturated carbocycles. The van der Waals surface area contributed by atoms with Crippen molar-refractivity contribution < 1.29 is 9.21 Å². The lowest BCUT2D eigenvalue weighted by Gasteiger charge is -2.06. The number of furan rings is 1. The Balaban J connectivity index is 1.60. The van der Waals surface area contributed by atoms with Gasteiger partial charge in [-0.15, -0.1) is 0 Å². The van der Waals surface area contributed by atoms with Gasteiger partial charge in [0.2, 0.25) is 5.91 Å². The molecular formula is C15H17N3O3. The van der Waals surface area contributed by atoms with Crippen LogP contribution in [0.2, 0.25) is 0 Å². The fourth-order valence-electron chi connectivity index (χ4n) is 2.08. The van der Waals surface area contributed by atoms with Crippen LogP contribution in [0.1, 0.15) is 25.7 Å². The first-order valence-electron chi connectivity index (χ1n) is 7.14. The van der Waals surface area contributed by atoms with E-state index in [-0.39, 0.29) is 11.5 Å². The number of nitrogens with one attached hydrogen (secondary N) is 1. The summed E-state index contributed by atoms with van der Waals surface area (Å²) in [7, 11) is 0. The summed E-state index contributed by atoms with van der Waals surface area (Å²) in [5.41, 5.74) is 0.440. The van der Waals surface area contributed by atoms with Gasteiger partial charge in [0.1, 0.15) is 5.69 Å². The van der Waals surface area contributed by atoms with E-state index in [0.29, 0.717) is 36.9 Å². The van der Waals surface area contributed by atoms with Crippen LogP contribution in [-0.2, 0) is 11.3 Å². The highest BCUT2D eigenvalue weighted by molar-refractivity contribution is 5.76. The fraction of sp³-hybridized carbons (Fsp3) is 0.400. The highest BCUT2D eigenvalue weighted by Crippen LogP contribution is 2.18. The maximum Gasteiger partial charge on any atom is 0.266 e. The molecule has 21 heavy (non-hydrogen) atoms. The van der Waals surface area contributed by atoms with Gasteiger partial charge in [-0.3, -0.25) is 9.59 Å². The van der Waals surface area contributed by atoms with Gasteiger partial charge in [-0.25, -0.2) is 4.68 Å². The van der Waals surface area contributed by atoms with Gasteiger partial charge in [0.25, 0.3) is 5.56 Å². The second kappa shape index (κ2) is 5.95. The zero-order chi connectivity index (χ0) is 14.7. The van der Waals surface area contributed by atoms with Crippen LogP contribution in [0.3, 0.4) is 0 Å². The number of rotatable bonds is 6. The molecule has 110 valence electrons. The van der Waals surface area contributed by atoms with Crippen molar-refractivity contribution in [3.63, 3.8) is 0 Å². The maximum atomic E-state index is 11.8. The molecule has 0 radical (unpaired) electrons. The van der Waals surface area contributed by atoms with E-state index in [4.69, 9.17) is 4.42 Å². The Morgan fingerprint density at radius 3 is 2.95 bits per heavy atom. The van der Waals surface area contributed by atoms with Crippen LogP contribution in [0.25, 0.3) is 11.5 Å². The van der Waals surface area contributed by atoms with Crippen LogP contribution in [-0.4, -0.2) is 21.7 Å². The Bertz CT molecular complexity index is 672. The molecule has 2 heterocycles. The van der Waals surface area contributed by atoms with E-state index in [9.17, 15) is 9.59 Å². The van der Waals surface area contributed by atoms with Gasteiger partial charge in [-0.2, -0.15) is 5.10 Å². The normalized spacial score (nSPS) is 14.1. The first-order valence-corrected chi connectivity index (χ1v) is 7.14. The zero-order valence-electron chi connectivity index (χ0n) is 11.6. The second-order valence-corrected chi connectivity index (χ2v) is 5.20. The largest absolute Gasteiger partial charge is 0.463 e. The van der Waals surface area contributed by atoms with E-state index in [2.05, 4.69) is 10.4 Å². The minimum absolute atomic E-state index is 0.0488. The molecule has 1 fully saturated rings. The van der Waals surface area contributed by atoms with Crippen molar-refractivity contribution in [2.24, 2.45) is 0 Å². The number of aryl methyl sites for hydroxylation is 1. The number of hydrogen-bond acceptors (Lipinski definition) is 4. The van der Waals surface area contributed by atoms with Crippen molar-refractivity contribution in [3.05, 3.63) is 40.9 Å². The molecule has 1 amide bonds. The summed E-state index contributed by atoms with van der Waals surface area (Å²) in [5.74, 6) is 0.669. The number of carbonyl (C=O) groups excluding carboxylic acids is 1. The van der Waals surface area contributed by atoms with E-state index in [1.54, 1.807) is 24.5 Å². The van der Waals surface area contributed by atoms with Crippen LogP contribution in [0.4, 0.5) is 0 Å². The molecule has 1 N–H and O–H groups in total. The van der Waals surface area contributed by atoms with E-state index in [1.165, 1.54) is 10.7 Å². The van der Waals surface area contributed by atoms with Crippen LogP contribution < -0.4 is 10.9 Å². The molecule has 6 heteroatoms. The highest BCUT2D eigenvalue weighted by atomic mass is 16.3. The van der Waals surface area contributed by atoms with E-state index in [0.717, 1.165) is 12.8 Å². The lowest BCUT2D eigenvalue weighted by Crippen LogP contribution is -2.27. The number of nitrogens with zero attached hydrogens (tertiary/aromatic N) is 2. The van der Waals surface area contributed by atoms with E-state index >= 15 is 0 Å². The Kier molecular flexibility index (Phi) is 3.85. The topological polar surface area (TPSA) is 77.1 Å². The monoisotopic (exact) mass is 287 g/mol.